The number of nitrogens with zero attached hydrogens (tertiary/aromatic N) is 1. The first-order chi connectivity index (χ1) is 10.9. The maximum Gasteiger partial charge on any atom is 0.227 e. The lowest BCUT2D eigenvalue weighted by atomic mass is 10.1. The second-order valence-corrected chi connectivity index (χ2v) is 6.27. The molecule has 1 aliphatic heterocycles. The Morgan fingerprint density at radius 3 is 2.96 bits per heavy atom. The standard InChI is InChI=1S/C16H20ClFN2O3/c1-10(4-5-21)8-19-16(23)11-6-15(22)20(9-11)12-2-3-13(17)14(18)7-12/h2-3,7,10-11,21H,4-6,8-9H2,1H3,(H,19,23). The second kappa shape index (κ2) is 7.75. The van der Waals surface area contributed by atoms with Gasteiger partial charge in [-0.3, -0.25) is 9.59 Å². The summed E-state index contributed by atoms with van der Waals surface area (Å²) in [6.45, 7) is 2.69. The Kier molecular flexibility index (Phi) is 5.96. The number of hydrogen-bond donors (Lipinski definition) is 2. The van der Waals surface area contributed by atoms with Crippen molar-refractivity contribution in [1.29, 1.82) is 0 Å². The summed E-state index contributed by atoms with van der Waals surface area (Å²) in [6, 6.07) is 4.15. The number of benzene rings is 1. The van der Waals surface area contributed by atoms with E-state index in [0.29, 0.717) is 18.7 Å². The van der Waals surface area contributed by atoms with Gasteiger partial charge in [0.15, 0.2) is 0 Å². The molecule has 2 unspecified atom stereocenters. The van der Waals surface area contributed by atoms with Crippen molar-refractivity contribution < 1.29 is 19.1 Å². The van der Waals surface area contributed by atoms with E-state index in [1.165, 1.54) is 17.0 Å². The van der Waals surface area contributed by atoms with Gasteiger partial charge in [-0.1, -0.05) is 18.5 Å². The second-order valence-electron chi connectivity index (χ2n) is 5.87. The van der Waals surface area contributed by atoms with Gasteiger partial charge in [-0.15, -0.1) is 0 Å². The van der Waals surface area contributed by atoms with E-state index in [4.69, 9.17) is 16.7 Å². The molecule has 0 saturated carbocycles. The first kappa shape index (κ1) is 17.7. The normalized spacial score (nSPS) is 19.0. The summed E-state index contributed by atoms with van der Waals surface area (Å²) < 4.78 is 13.5. The van der Waals surface area contributed by atoms with E-state index in [2.05, 4.69) is 5.32 Å². The lowest BCUT2D eigenvalue weighted by molar-refractivity contribution is -0.126. The van der Waals surface area contributed by atoms with Crippen LogP contribution in [0.2, 0.25) is 5.02 Å². The van der Waals surface area contributed by atoms with Gasteiger partial charge in [-0.25, -0.2) is 4.39 Å². The molecule has 0 aromatic heterocycles. The van der Waals surface area contributed by atoms with Crippen LogP contribution in [0.25, 0.3) is 0 Å². The predicted molar refractivity (Wildman–Crippen MR) is 85.7 cm³/mol. The number of carbonyl (C=O) groups is 2. The van der Waals surface area contributed by atoms with Crippen LogP contribution in [0, 0.1) is 17.7 Å². The van der Waals surface area contributed by atoms with E-state index >= 15 is 0 Å². The minimum absolute atomic E-state index is 0.00689. The molecule has 2 atom stereocenters. The minimum atomic E-state index is -0.595. The largest absolute Gasteiger partial charge is 0.396 e. The molecule has 2 rings (SSSR count). The zero-order valence-electron chi connectivity index (χ0n) is 12.9. The van der Waals surface area contributed by atoms with E-state index in [1.807, 2.05) is 6.92 Å². The highest BCUT2D eigenvalue weighted by atomic mass is 35.5. The fraction of sp³-hybridized carbons (Fsp3) is 0.500. The summed E-state index contributed by atoms with van der Waals surface area (Å²) in [4.78, 5) is 25.6. The van der Waals surface area contributed by atoms with Gasteiger partial charge in [-0.2, -0.15) is 0 Å². The molecule has 126 valence electrons. The van der Waals surface area contributed by atoms with Crippen molar-refractivity contribution in [2.45, 2.75) is 19.8 Å². The first-order valence-corrected chi connectivity index (χ1v) is 7.94. The number of carbonyl (C=O) groups excluding carboxylic acids is 2. The van der Waals surface area contributed by atoms with E-state index in [9.17, 15) is 14.0 Å². The third kappa shape index (κ3) is 4.42. The van der Waals surface area contributed by atoms with Crippen LogP contribution in [0.15, 0.2) is 18.2 Å². The quantitative estimate of drug-likeness (QED) is 0.830. The van der Waals surface area contributed by atoms with Crippen LogP contribution in [-0.4, -0.2) is 36.6 Å². The fourth-order valence-electron chi connectivity index (χ4n) is 2.53. The molecule has 1 heterocycles. The Labute approximate surface area is 139 Å². The molecule has 1 aliphatic rings. The summed E-state index contributed by atoms with van der Waals surface area (Å²) in [7, 11) is 0. The van der Waals surface area contributed by atoms with Gasteiger partial charge in [-0.05, 0) is 30.5 Å². The Morgan fingerprint density at radius 1 is 1.57 bits per heavy atom. The van der Waals surface area contributed by atoms with Gasteiger partial charge in [0.2, 0.25) is 11.8 Å². The third-order valence-corrected chi connectivity index (χ3v) is 4.26. The van der Waals surface area contributed by atoms with Crippen LogP contribution in [0.1, 0.15) is 19.8 Å². The molecule has 7 heteroatoms. The molecule has 2 N–H and O–H groups in total. The Bertz CT molecular complexity index is 597. The lowest BCUT2D eigenvalue weighted by Gasteiger charge is -2.17. The van der Waals surface area contributed by atoms with Gasteiger partial charge in [0, 0.05) is 31.8 Å². The molecule has 1 aromatic carbocycles. The molecule has 1 saturated heterocycles. The smallest absolute Gasteiger partial charge is 0.227 e. The molecule has 5 nitrogen and oxygen atoms in total. The van der Waals surface area contributed by atoms with Crippen molar-refractivity contribution in [2.75, 3.05) is 24.6 Å². The SMILES string of the molecule is CC(CCO)CNC(=O)C1CC(=O)N(c2ccc(Cl)c(F)c2)C1. The number of rotatable bonds is 6. The minimum Gasteiger partial charge on any atom is -0.396 e. The van der Waals surface area contributed by atoms with Crippen LogP contribution in [0.5, 0.6) is 0 Å². The summed E-state index contributed by atoms with van der Waals surface area (Å²) in [5.74, 6) is -1.29. The highest BCUT2D eigenvalue weighted by Gasteiger charge is 2.35. The molecule has 23 heavy (non-hydrogen) atoms. The van der Waals surface area contributed by atoms with Gasteiger partial charge < -0.3 is 15.3 Å². The maximum atomic E-state index is 13.5. The highest BCUT2D eigenvalue weighted by Crippen LogP contribution is 2.28. The van der Waals surface area contributed by atoms with Crippen molar-refractivity contribution in [1.82, 2.24) is 5.32 Å². The zero-order chi connectivity index (χ0) is 17.0. The fourth-order valence-corrected chi connectivity index (χ4v) is 2.64. The van der Waals surface area contributed by atoms with E-state index in [0.717, 1.165) is 0 Å². The summed E-state index contributed by atoms with van der Waals surface area (Å²) in [5, 5.41) is 11.6. The number of aliphatic hydroxyl groups excluding tert-OH is 1. The predicted octanol–water partition coefficient (Wildman–Crippen LogP) is 1.97. The number of nitrogens with one attached hydrogen (secondary N) is 1. The molecule has 0 spiro atoms. The molecule has 0 aliphatic carbocycles. The number of halogens is 2. The van der Waals surface area contributed by atoms with Crippen LogP contribution in [0.4, 0.5) is 10.1 Å². The van der Waals surface area contributed by atoms with Crippen molar-refractivity contribution in [2.24, 2.45) is 11.8 Å². The summed E-state index contributed by atoms with van der Waals surface area (Å²) in [5.41, 5.74) is 0.404. The molecule has 0 bridgehead atoms. The first-order valence-electron chi connectivity index (χ1n) is 7.56. The number of aliphatic hydroxyl groups is 1. The van der Waals surface area contributed by atoms with E-state index in [-0.39, 0.29) is 42.3 Å². The molecule has 1 aromatic rings. The zero-order valence-corrected chi connectivity index (χ0v) is 13.6. The van der Waals surface area contributed by atoms with Gasteiger partial charge in [0.25, 0.3) is 0 Å². The third-order valence-electron chi connectivity index (χ3n) is 3.96. The van der Waals surface area contributed by atoms with Crippen LogP contribution in [-0.2, 0) is 9.59 Å². The van der Waals surface area contributed by atoms with Crippen LogP contribution < -0.4 is 10.2 Å². The van der Waals surface area contributed by atoms with Gasteiger partial charge in [0.1, 0.15) is 5.82 Å². The number of amides is 2. The Balaban J connectivity index is 1.96. The molecular weight excluding hydrogens is 323 g/mol. The van der Waals surface area contributed by atoms with Crippen molar-refractivity contribution in [3.63, 3.8) is 0 Å². The maximum absolute atomic E-state index is 13.5. The van der Waals surface area contributed by atoms with Crippen molar-refractivity contribution >= 4 is 29.1 Å². The van der Waals surface area contributed by atoms with Crippen LogP contribution >= 0.6 is 11.6 Å². The van der Waals surface area contributed by atoms with E-state index in [1.54, 1.807) is 6.07 Å². The Hall–Kier alpha value is -1.66. The van der Waals surface area contributed by atoms with E-state index < -0.39 is 11.7 Å². The average Bonchev–Trinajstić information content (AvgIpc) is 2.90. The Morgan fingerprint density at radius 2 is 2.30 bits per heavy atom. The molecule has 0 radical (unpaired) electrons. The van der Waals surface area contributed by atoms with Gasteiger partial charge in [0.05, 0.1) is 10.9 Å². The summed E-state index contributed by atoms with van der Waals surface area (Å²) in [6.07, 6.45) is 0.713. The topological polar surface area (TPSA) is 69.6 Å². The monoisotopic (exact) mass is 342 g/mol. The highest BCUT2D eigenvalue weighted by molar-refractivity contribution is 6.30. The number of anilines is 1. The van der Waals surface area contributed by atoms with Crippen LogP contribution in [0.3, 0.4) is 0 Å². The van der Waals surface area contributed by atoms with Crippen molar-refractivity contribution in [3.8, 4) is 0 Å². The molecular formula is C16H20ClFN2O3. The summed E-state index contributed by atoms with van der Waals surface area (Å²) >= 11 is 5.64. The van der Waals surface area contributed by atoms with Gasteiger partial charge >= 0.3 is 0 Å². The average molecular weight is 343 g/mol. The molecule has 1 fully saturated rings. The number of hydrogen-bond acceptors (Lipinski definition) is 3. The lowest BCUT2D eigenvalue weighted by Crippen LogP contribution is -2.35. The van der Waals surface area contributed by atoms with Crippen molar-refractivity contribution in [3.05, 3.63) is 29.0 Å². The molecule has 2 amide bonds.